The molecule has 2 aromatic rings. The number of thiocarbonyl (C=S) groups is 1. The van der Waals surface area contributed by atoms with E-state index in [1.807, 2.05) is 42.5 Å². The van der Waals surface area contributed by atoms with Crippen LogP contribution in [0.3, 0.4) is 0 Å². The number of nitrogens with zero attached hydrogens (tertiary/aromatic N) is 2. The Morgan fingerprint density at radius 1 is 1.04 bits per heavy atom. The first kappa shape index (κ1) is 17.0. The van der Waals surface area contributed by atoms with Crippen molar-refractivity contribution in [2.75, 3.05) is 26.2 Å². The lowest BCUT2D eigenvalue weighted by atomic mass is 10.1. The largest absolute Gasteiger partial charge is 0.497 e. The number of amides is 1. The Bertz CT molecular complexity index is 849. The second kappa shape index (κ2) is 6.94. The maximum Gasteiger partial charge on any atom is 0.281 e. The van der Waals surface area contributed by atoms with Gasteiger partial charge < -0.3 is 14.4 Å². The number of likely N-dealkylation sites (N-methyl/N-ethyl adjacent to an activating group) is 1. The quantitative estimate of drug-likeness (QED) is 0.622. The predicted molar refractivity (Wildman–Crippen MR) is 102 cm³/mol. The Hall–Kier alpha value is -2.86. The molecule has 128 valence electrons. The van der Waals surface area contributed by atoms with E-state index in [0.29, 0.717) is 22.3 Å². The molecule has 0 aromatic heterocycles. The van der Waals surface area contributed by atoms with Gasteiger partial charge in [-0.1, -0.05) is 18.2 Å². The van der Waals surface area contributed by atoms with Crippen LogP contribution in [0.1, 0.15) is 5.56 Å². The van der Waals surface area contributed by atoms with Gasteiger partial charge in [0.15, 0.2) is 5.11 Å². The monoisotopic (exact) mass is 354 g/mol. The molecule has 6 heteroatoms. The summed E-state index contributed by atoms with van der Waals surface area (Å²) < 4.78 is 10.7. The van der Waals surface area contributed by atoms with E-state index in [0.717, 1.165) is 11.3 Å². The Morgan fingerprint density at radius 3 is 2.40 bits per heavy atom. The minimum atomic E-state index is -0.177. The van der Waals surface area contributed by atoms with E-state index in [-0.39, 0.29) is 5.91 Å². The summed E-state index contributed by atoms with van der Waals surface area (Å²) >= 11 is 5.46. The Morgan fingerprint density at radius 2 is 1.76 bits per heavy atom. The predicted octanol–water partition coefficient (Wildman–Crippen LogP) is 3.31. The van der Waals surface area contributed by atoms with E-state index in [1.54, 1.807) is 38.3 Å². The molecule has 25 heavy (non-hydrogen) atoms. The van der Waals surface area contributed by atoms with E-state index >= 15 is 0 Å². The zero-order chi connectivity index (χ0) is 18.0. The van der Waals surface area contributed by atoms with Gasteiger partial charge in [0.05, 0.1) is 19.9 Å². The smallest absolute Gasteiger partial charge is 0.281 e. The molecule has 0 spiro atoms. The average molecular weight is 354 g/mol. The van der Waals surface area contributed by atoms with Crippen LogP contribution in [0.4, 0.5) is 5.69 Å². The molecule has 1 amide bonds. The van der Waals surface area contributed by atoms with Crippen molar-refractivity contribution < 1.29 is 14.3 Å². The number of benzene rings is 2. The number of carbonyl (C=O) groups is 1. The molecule has 2 aromatic carbocycles. The summed E-state index contributed by atoms with van der Waals surface area (Å²) in [5.41, 5.74) is 1.96. The van der Waals surface area contributed by atoms with Crippen molar-refractivity contribution in [1.82, 2.24) is 4.90 Å². The van der Waals surface area contributed by atoms with Crippen LogP contribution in [-0.4, -0.2) is 37.2 Å². The van der Waals surface area contributed by atoms with E-state index in [4.69, 9.17) is 21.7 Å². The lowest BCUT2D eigenvalue weighted by Gasteiger charge is -2.16. The number of anilines is 1. The molecule has 5 nitrogen and oxygen atoms in total. The van der Waals surface area contributed by atoms with E-state index in [1.165, 1.54) is 4.90 Å². The molecule has 0 aliphatic carbocycles. The molecule has 1 fully saturated rings. The number of rotatable bonds is 4. The third-order valence-corrected chi connectivity index (χ3v) is 4.46. The van der Waals surface area contributed by atoms with Gasteiger partial charge in [-0.2, -0.15) is 0 Å². The van der Waals surface area contributed by atoms with Gasteiger partial charge in [0.25, 0.3) is 5.91 Å². The number of ether oxygens (including phenoxy) is 2. The highest BCUT2D eigenvalue weighted by molar-refractivity contribution is 7.80. The highest BCUT2D eigenvalue weighted by Gasteiger charge is 2.36. The molecule has 0 N–H and O–H groups in total. The van der Waals surface area contributed by atoms with Crippen LogP contribution in [0.2, 0.25) is 0 Å². The molecule has 0 bridgehead atoms. The van der Waals surface area contributed by atoms with Crippen LogP contribution in [0, 0.1) is 0 Å². The number of hydrogen-bond donors (Lipinski definition) is 0. The molecule has 1 heterocycles. The molecule has 0 atom stereocenters. The fourth-order valence-electron chi connectivity index (χ4n) is 2.66. The van der Waals surface area contributed by atoms with Gasteiger partial charge in [0.1, 0.15) is 17.2 Å². The first-order valence-corrected chi connectivity index (χ1v) is 8.08. The highest BCUT2D eigenvalue weighted by atomic mass is 32.1. The zero-order valence-corrected chi connectivity index (χ0v) is 15.0. The molecule has 0 unspecified atom stereocenters. The summed E-state index contributed by atoms with van der Waals surface area (Å²) in [6, 6.07) is 14.8. The minimum absolute atomic E-state index is 0.177. The molecule has 0 radical (unpaired) electrons. The van der Waals surface area contributed by atoms with Gasteiger partial charge >= 0.3 is 0 Å². The van der Waals surface area contributed by atoms with Crippen LogP contribution in [0.25, 0.3) is 6.08 Å². The van der Waals surface area contributed by atoms with Crippen molar-refractivity contribution in [2.24, 2.45) is 0 Å². The lowest BCUT2D eigenvalue weighted by molar-refractivity contribution is -0.114. The third kappa shape index (κ3) is 3.08. The number of para-hydroxylation sites is 1. The van der Waals surface area contributed by atoms with Crippen molar-refractivity contribution in [3.63, 3.8) is 0 Å². The van der Waals surface area contributed by atoms with Crippen LogP contribution >= 0.6 is 12.2 Å². The molecule has 1 aliphatic heterocycles. The van der Waals surface area contributed by atoms with Crippen LogP contribution < -0.4 is 14.4 Å². The number of hydrogen-bond acceptors (Lipinski definition) is 4. The SMILES string of the molecule is COc1ccc(OC)c(C=C2C(=O)N(c3ccccc3)C(=S)N2C)c1. The summed E-state index contributed by atoms with van der Waals surface area (Å²) in [4.78, 5) is 16.2. The van der Waals surface area contributed by atoms with E-state index in [9.17, 15) is 4.79 Å². The molecule has 1 aliphatic rings. The molecule has 3 rings (SSSR count). The van der Waals surface area contributed by atoms with E-state index in [2.05, 4.69) is 0 Å². The normalized spacial score (nSPS) is 15.9. The molecule has 0 saturated carbocycles. The van der Waals surface area contributed by atoms with Crippen LogP contribution in [-0.2, 0) is 4.79 Å². The maximum atomic E-state index is 12.9. The second-order valence-corrected chi connectivity index (χ2v) is 5.82. The fourth-order valence-corrected chi connectivity index (χ4v) is 2.95. The average Bonchev–Trinajstić information content (AvgIpc) is 2.85. The first-order valence-electron chi connectivity index (χ1n) is 7.67. The van der Waals surface area contributed by atoms with Gasteiger partial charge in [0, 0.05) is 12.6 Å². The fraction of sp³-hybridized carbons (Fsp3) is 0.158. The van der Waals surface area contributed by atoms with Crippen molar-refractivity contribution >= 4 is 35.0 Å². The number of carbonyl (C=O) groups excluding carboxylic acids is 1. The van der Waals surface area contributed by atoms with Crippen molar-refractivity contribution in [3.05, 3.63) is 59.8 Å². The molecule has 1 saturated heterocycles. The number of methoxy groups -OCH3 is 2. The summed E-state index contributed by atoms with van der Waals surface area (Å²) in [7, 11) is 4.96. The molecular formula is C19H18N2O3S. The van der Waals surface area contributed by atoms with Gasteiger partial charge in [-0.3, -0.25) is 9.69 Å². The summed E-state index contributed by atoms with van der Waals surface area (Å²) in [5.74, 6) is 1.16. The first-order chi connectivity index (χ1) is 12.1. The van der Waals surface area contributed by atoms with Gasteiger partial charge in [-0.15, -0.1) is 0 Å². The molecular weight excluding hydrogens is 336 g/mol. The maximum absolute atomic E-state index is 12.9. The second-order valence-electron chi connectivity index (χ2n) is 5.46. The Kier molecular flexibility index (Phi) is 4.72. The van der Waals surface area contributed by atoms with Crippen LogP contribution in [0.5, 0.6) is 11.5 Å². The van der Waals surface area contributed by atoms with Gasteiger partial charge in [-0.25, -0.2) is 0 Å². The Labute approximate surface area is 152 Å². The van der Waals surface area contributed by atoms with Crippen molar-refractivity contribution in [1.29, 1.82) is 0 Å². The van der Waals surface area contributed by atoms with Gasteiger partial charge in [-0.05, 0) is 48.6 Å². The summed E-state index contributed by atoms with van der Waals surface area (Å²) in [5, 5.41) is 0.435. The van der Waals surface area contributed by atoms with Gasteiger partial charge in [0.2, 0.25) is 0 Å². The minimum Gasteiger partial charge on any atom is -0.497 e. The topological polar surface area (TPSA) is 42.0 Å². The Balaban J connectivity index is 2.04. The van der Waals surface area contributed by atoms with Crippen LogP contribution in [0.15, 0.2) is 54.2 Å². The summed E-state index contributed by atoms with van der Waals surface area (Å²) in [6.45, 7) is 0. The zero-order valence-electron chi connectivity index (χ0n) is 14.2. The highest BCUT2D eigenvalue weighted by Crippen LogP contribution is 2.31. The third-order valence-electron chi connectivity index (χ3n) is 4.01. The van der Waals surface area contributed by atoms with E-state index < -0.39 is 0 Å². The van der Waals surface area contributed by atoms with Crippen molar-refractivity contribution in [2.45, 2.75) is 0 Å². The summed E-state index contributed by atoms with van der Waals surface area (Å²) in [6.07, 6.45) is 1.76. The van der Waals surface area contributed by atoms with Crippen molar-refractivity contribution in [3.8, 4) is 11.5 Å². The standard InChI is InChI=1S/C19H18N2O3S/c1-20-16(12-13-11-15(23-2)9-10-17(13)24-3)18(22)21(19(20)25)14-7-5-4-6-8-14/h4-12H,1-3H3. The lowest BCUT2D eigenvalue weighted by Crippen LogP contribution is -2.30.